The summed E-state index contributed by atoms with van der Waals surface area (Å²) in [5.74, 6) is 0.765. The normalized spacial score (nSPS) is 14.0. The Labute approximate surface area is 371 Å². The molecule has 0 bridgehead atoms. The second-order valence-electron chi connectivity index (χ2n) is 14.3. The number of hydrogen-bond donors (Lipinski definition) is 0. The highest BCUT2D eigenvalue weighted by atomic mass is 15.1. The van der Waals surface area contributed by atoms with Gasteiger partial charge in [0, 0.05) is 27.5 Å². The van der Waals surface area contributed by atoms with Crippen LogP contribution in [0.3, 0.4) is 0 Å². The smallest absolute Gasteiger partial charge is 0.166 e. The Morgan fingerprint density at radius 3 is 1.52 bits per heavy atom. The third kappa shape index (κ3) is 6.86. The summed E-state index contributed by atoms with van der Waals surface area (Å²) >= 11 is 0. The van der Waals surface area contributed by atoms with Gasteiger partial charge in [-0.15, -0.1) is 0 Å². The third-order valence-electron chi connectivity index (χ3n) is 10.6. The molecule has 0 aliphatic heterocycles. The molecule has 0 aliphatic carbocycles. The molecular formula is C57H38N4. The van der Waals surface area contributed by atoms with Crippen molar-refractivity contribution in [3.63, 3.8) is 0 Å². The maximum absolute atomic E-state index is 10.00. The highest BCUT2D eigenvalue weighted by molar-refractivity contribution is 6.10. The Balaban J connectivity index is 1.29. The molecule has 286 valence electrons. The van der Waals surface area contributed by atoms with Gasteiger partial charge in [0.25, 0.3) is 0 Å². The highest BCUT2D eigenvalue weighted by Gasteiger charge is 2.21. The van der Waals surface area contributed by atoms with Crippen molar-refractivity contribution in [3.8, 4) is 84.4 Å². The van der Waals surface area contributed by atoms with Crippen molar-refractivity contribution in [2.45, 2.75) is 0 Å². The van der Waals surface area contributed by atoms with Crippen LogP contribution in [-0.2, 0) is 0 Å². The van der Waals surface area contributed by atoms with E-state index in [0.717, 1.165) is 27.8 Å². The van der Waals surface area contributed by atoms with Gasteiger partial charge in [-0.3, -0.25) is 0 Å². The molecule has 2 heterocycles. The lowest BCUT2D eigenvalue weighted by molar-refractivity contribution is 1.06. The number of para-hydroxylation sites is 1. The van der Waals surface area contributed by atoms with Crippen molar-refractivity contribution < 1.29 is 16.4 Å². The van der Waals surface area contributed by atoms with E-state index in [4.69, 9.17) is 24.5 Å². The first-order valence-corrected chi connectivity index (χ1v) is 19.6. The van der Waals surface area contributed by atoms with Crippen molar-refractivity contribution in [3.05, 3.63) is 230 Å². The SMILES string of the molecule is [2H]c1c([2H])c([2H])c(-c2c([2H])c([2H])c3c4c([2H])c([2H])c([2H])c([2H])c4n(-c4ccc(-c5cccc(-c6ccccc6)c5)cc4-c4nc(-c5ccccc5)nc(-c5cccc(-c6ccccc6)c5)n4)c3c2[2H])c([2H])c1[2H]. The maximum atomic E-state index is 10.00. The molecule has 0 saturated carbocycles. The molecule has 0 aliphatic rings. The Morgan fingerprint density at radius 2 is 0.836 bits per heavy atom. The Hall–Kier alpha value is -8.21. The Kier molecular flexibility index (Phi) is 6.44. The van der Waals surface area contributed by atoms with Gasteiger partial charge in [0.15, 0.2) is 17.5 Å². The molecule has 0 N–H and O–H groups in total. The van der Waals surface area contributed by atoms with Crippen LogP contribution in [0.1, 0.15) is 16.4 Å². The number of fused-ring (bicyclic) bond motifs is 3. The largest absolute Gasteiger partial charge is 0.308 e. The van der Waals surface area contributed by atoms with E-state index in [1.165, 1.54) is 4.57 Å². The van der Waals surface area contributed by atoms with Gasteiger partial charge < -0.3 is 4.57 Å². The van der Waals surface area contributed by atoms with Crippen LogP contribution in [0, 0.1) is 0 Å². The van der Waals surface area contributed by atoms with Crippen LogP contribution < -0.4 is 0 Å². The fourth-order valence-corrected chi connectivity index (χ4v) is 7.66. The number of hydrogen-bond acceptors (Lipinski definition) is 3. The van der Waals surface area contributed by atoms with Gasteiger partial charge in [-0.2, -0.15) is 0 Å². The van der Waals surface area contributed by atoms with E-state index in [1.54, 1.807) is 6.07 Å². The molecule has 4 heteroatoms. The third-order valence-corrected chi connectivity index (χ3v) is 10.6. The van der Waals surface area contributed by atoms with Crippen molar-refractivity contribution in [2.75, 3.05) is 0 Å². The predicted octanol–water partition coefficient (Wildman–Crippen LogP) is 14.6. The minimum Gasteiger partial charge on any atom is -0.308 e. The van der Waals surface area contributed by atoms with Crippen molar-refractivity contribution in [2.24, 2.45) is 0 Å². The molecule has 0 saturated heterocycles. The first-order chi connectivity index (χ1) is 35.2. The van der Waals surface area contributed by atoms with E-state index >= 15 is 0 Å². The van der Waals surface area contributed by atoms with Crippen molar-refractivity contribution in [1.82, 2.24) is 19.5 Å². The zero-order valence-electron chi connectivity index (χ0n) is 44.3. The molecule has 0 fully saturated rings. The molecule has 0 unspecified atom stereocenters. The molecule has 0 radical (unpaired) electrons. The molecule has 61 heavy (non-hydrogen) atoms. The first-order valence-electron chi connectivity index (χ1n) is 25.6. The summed E-state index contributed by atoms with van der Waals surface area (Å²) in [6.07, 6.45) is 0. The zero-order chi connectivity index (χ0) is 51.0. The van der Waals surface area contributed by atoms with Gasteiger partial charge in [-0.25, -0.2) is 15.0 Å². The van der Waals surface area contributed by atoms with Crippen LogP contribution in [0.5, 0.6) is 0 Å². The average molecular weight is 791 g/mol. The van der Waals surface area contributed by atoms with Crippen molar-refractivity contribution in [1.29, 1.82) is 0 Å². The second kappa shape index (κ2) is 15.5. The van der Waals surface area contributed by atoms with Gasteiger partial charge in [0.05, 0.1) is 33.2 Å². The molecule has 2 aromatic heterocycles. The van der Waals surface area contributed by atoms with E-state index in [0.29, 0.717) is 33.9 Å². The minimum atomic E-state index is -0.704. The lowest BCUT2D eigenvalue weighted by atomic mass is 9.97. The summed E-state index contributed by atoms with van der Waals surface area (Å²) < 4.78 is 110. The van der Waals surface area contributed by atoms with Crippen LogP contribution in [0.2, 0.25) is 0 Å². The number of benzene rings is 9. The first kappa shape index (κ1) is 25.3. The maximum Gasteiger partial charge on any atom is 0.166 e. The average Bonchev–Trinajstić information content (AvgIpc) is 3.80. The van der Waals surface area contributed by atoms with Gasteiger partial charge in [0.2, 0.25) is 0 Å². The van der Waals surface area contributed by atoms with Crippen LogP contribution in [0.4, 0.5) is 0 Å². The standard InChI is InChI=1S/C57H38N4/c1-5-17-39(18-6-1)43-25-15-27-45(35-43)46-32-34-53(61-52-30-14-13-29-49(52)50-33-31-47(38-54(50)61)41-21-9-3-10-22-41)51(37-46)57-59-55(42-23-11-4-12-24-42)58-56(60-57)48-28-16-26-44(36-48)40-19-7-2-8-20-40/h1-38H/i3D,9D,10D,13D,14D,21D,22D,29D,30D,31D,33D,38D. The molecular weight excluding hydrogens is 741 g/mol. The molecule has 0 atom stereocenters. The highest BCUT2D eigenvalue weighted by Crippen LogP contribution is 2.40. The minimum absolute atomic E-state index is 0.131. The Bertz CT molecular complexity index is 4030. The summed E-state index contributed by atoms with van der Waals surface area (Å²) in [5, 5.41) is -0.317. The number of rotatable bonds is 8. The zero-order valence-corrected chi connectivity index (χ0v) is 32.3. The van der Waals surface area contributed by atoms with E-state index in [9.17, 15) is 6.85 Å². The summed E-state index contributed by atoms with van der Waals surface area (Å²) in [6, 6.07) is 42.8. The van der Waals surface area contributed by atoms with Gasteiger partial charge in [-0.05, 0) is 80.9 Å². The van der Waals surface area contributed by atoms with Crippen LogP contribution in [0.15, 0.2) is 230 Å². The molecule has 11 rings (SSSR count). The van der Waals surface area contributed by atoms with Gasteiger partial charge in [0.1, 0.15) is 0 Å². The molecule has 0 spiro atoms. The quantitative estimate of drug-likeness (QED) is 0.154. The summed E-state index contributed by atoms with van der Waals surface area (Å²) in [5.41, 5.74) is 5.98. The number of nitrogens with zero attached hydrogens (tertiary/aromatic N) is 4. The lowest BCUT2D eigenvalue weighted by Gasteiger charge is -2.17. The summed E-state index contributed by atoms with van der Waals surface area (Å²) in [6.45, 7) is 0. The van der Waals surface area contributed by atoms with E-state index in [1.807, 2.05) is 152 Å². The fourth-order valence-electron chi connectivity index (χ4n) is 7.66. The lowest BCUT2D eigenvalue weighted by Crippen LogP contribution is -2.04. The molecule has 11 aromatic rings. The molecule has 9 aromatic carbocycles. The van der Waals surface area contributed by atoms with Crippen LogP contribution in [0.25, 0.3) is 106 Å². The van der Waals surface area contributed by atoms with Gasteiger partial charge in [-0.1, -0.05) is 194 Å². The number of aromatic nitrogens is 4. The molecule has 4 nitrogen and oxygen atoms in total. The summed E-state index contributed by atoms with van der Waals surface area (Å²) in [7, 11) is 0. The topological polar surface area (TPSA) is 43.6 Å². The van der Waals surface area contributed by atoms with E-state index < -0.39 is 83.6 Å². The van der Waals surface area contributed by atoms with Crippen LogP contribution in [-0.4, -0.2) is 19.5 Å². The monoisotopic (exact) mass is 790 g/mol. The second-order valence-corrected chi connectivity index (χ2v) is 14.3. The van der Waals surface area contributed by atoms with Crippen molar-refractivity contribution >= 4 is 21.8 Å². The summed E-state index contributed by atoms with van der Waals surface area (Å²) in [4.78, 5) is 15.4. The Morgan fingerprint density at radius 1 is 0.328 bits per heavy atom. The van der Waals surface area contributed by atoms with E-state index in [-0.39, 0.29) is 33.3 Å². The van der Waals surface area contributed by atoms with Gasteiger partial charge >= 0.3 is 0 Å². The predicted molar refractivity (Wildman–Crippen MR) is 252 cm³/mol. The molecule has 0 amide bonds. The van der Waals surface area contributed by atoms with Crippen LogP contribution >= 0.6 is 0 Å². The fraction of sp³-hybridized carbons (Fsp3) is 0. The van der Waals surface area contributed by atoms with E-state index in [2.05, 4.69) is 0 Å².